The molecule has 0 radical (unpaired) electrons. The molecule has 1 aliphatic rings. The number of aryl methyl sites for hydroxylation is 1. The predicted molar refractivity (Wildman–Crippen MR) is 93.4 cm³/mol. The first-order valence-corrected chi connectivity index (χ1v) is 9.46. The van der Waals surface area contributed by atoms with Crippen LogP contribution >= 0.6 is 11.8 Å². The summed E-state index contributed by atoms with van der Waals surface area (Å²) in [5, 5.41) is 7.74. The Bertz CT molecular complexity index is 438. The third-order valence-electron chi connectivity index (χ3n) is 3.98. The van der Waals surface area contributed by atoms with E-state index in [0.29, 0.717) is 11.3 Å². The van der Waals surface area contributed by atoms with Gasteiger partial charge in [0.1, 0.15) is 17.5 Å². The van der Waals surface area contributed by atoms with Crippen molar-refractivity contribution in [3.63, 3.8) is 0 Å². The summed E-state index contributed by atoms with van der Waals surface area (Å²) in [5.74, 6) is 2.84. The molecular weight excluding hydrogens is 280 g/mol. The molecule has 5 heteroatoms. The van der Waals surface area contributed by atoms with Crippen LogP contribution in [0.25, 0.3) is 0 Å². The third-order valence-corrected chi connectivity index (χ3v) is 5.15. The van der Waals surface area contributed by atoms with E-state index in [0.717, 1.165) is 36.8 Å². The van der Waals surface area contributed by atoms with Gasteiger partial charge >= 0.3 is 0 Å². The first-order valence-electron chi connectivity index (χ1n) is 8.18. The Morgan fingerprint density at radius 1 is 1.19 bits per heavy atom. The molecule has 1 aliphatic carbocycles. The number of thioether (sulfide) groups is 1. The maximum absolute atomic E-state index is 4.65. The lowest BCUT2D eigenvalue weighted by Crippen LogP contribution is -2.34. The van der Waals surface area contributed by atoms with Crippen molar-refractivity contribution in [3.05, 3.63) is 11.9 Å². The van der Waals surface area contributed by atoms with Crippen molar-refractivity contribution >= 4 is 23.4 Å². The summed E-state index contributed by atoms with van der Waals surface area (Å²) in [7, 11) is 0. The quantitative estimate of drug-likeness (QED) is 0.799. The number of anilines is 2. The van der Waals surface area contributed by atoms with Gasteiger partial charge in [-0.1, -0.05) is 26.7 Å². The van der Waals surface area contributed by atoms with Crippen LogP contribution in [0.5, 0.6) is 0 Å². The fourth-order valence-electron chi connectivity index (χ4n) is 2.81. The van der Waals surface area contributed by atoms with Gasteiger partial charge in [-0.3, -0.25) is 0 Å². The van der Waals surface area contributed by atoms with Gasteiger partial charge in [0.15, 0.2) is 0 Å². The number of nitrogens with zero attached hydrogens (tertiary/aromatic N) is 2. The lowest BCUT2D eigenvalue weighted by Gasteiger charge is -2.31. The number of aromatic nitrogens is 2. The van der Waals surface area contributed by atoms with Crippen molar-refractivity contribution in [1.82, 2.24) is 9.97 Å². The molecule has 118 valence electrons. The Kier molecular flexibility index (Phi) is 6.61. The molecule has 1 heterocycles. The van der Waals surface area contributed by atoms with Crippen molar-refractivity contribution in [2.45, 2.75) is 63.7 Å². The van der Waals surface area contributed by atoms with Crippen LogP contribution in [-0.4, -0.2) is 34.1 Å². The molecule has 0 saturated heterocycles. The molecule has 0 amide bonds. The second-order valence-corrected chi connectivity index (χ2v) is 6.72. The van der Waals surface area contributed by atoms with Crippen molar-refractivity contribution in [2.24, 2.45) is 0 Å². The van der Waals surface area contributed by atoms with Gasteiger partial charge in [0, 0.05) is 30.3 Å². The third kappa shape index (κ3) is 4.77. The van der Waals surface area contributed by atoms with Crippen LogP contribution in [0.4, 0.5) is 11.6 Å². The monoisotopic (exact) mass is 308 g/mol. The highest BCUT2D eigenvalue weighted by Gasteiger charge is 2.24. The van der Waals surface area contributed by atoms with E-state index in [1.54, 1.807) is 0 Å². The summed E-state index contributed by atoms with van der Waals surface area (Å²) in [6.45, 7) is 5.23. The van der Waals surface area contributed by atoms with Crippen LogP contribution in [0.15, 0.2) is 6.07 Å². The number of nitrogens with one attached hydrogen (secondary N) is 2. The van der Waals surface area contributed by atoms with Crippen molar-refractivity contribution in [3.8, 4) is 0 Å². The molecule has 21 heavy (non-hydrogen) atoms. The van der Waals surface area contributed by atoms with E-state index in [2.05, 4.69) is 46.8 Å². The Balaban J connectivity index is 2.10. The number of rotatable bonds is 7. The molecule has 2 N–H and O–H groups in total. The Morgan fingerprint density at radius 3 is 2.67 bits per heavy atom. The maximum Gasteiger partial charge on any atom is 0.132 e. The van der Waals surface area contributed by atoms with Gasteiger partial charge < -0.3 is 10.6 Å². The fourth-order valence-corrected chi connectivity index (χ4v) is 3.74. The molecular formula is C16H28N4S. The highest BCUT2D eigenvalue weighted by molar-refractivity contribution is 7.99. The van der Waals surface area contributed by atoms with Crippen LogP contribution in [0.1, 0.15) is 51.8 Å². The van der Waals surface area contributed by atoms with Crippen LogP contribution in [-0.2, 0) is 6.42 Å². The SMILES string of the molecule is CCCNc1cc(NC2CCCCC2SC)nc(CC)n1. The lowest BCUT2D eigenvalue weighted by molar-refractivity contribution is 0.474. The largest absolute Gasteiger partial charge is 0.370 e. The molecule has 1 aromatic rings. The lowest BCUT2D eigenvalue weighted by atomic mass is 9.95. The summed E-state index contributed by atoms with van der Waals surface area (Å²) in [4.78, 5) is 9.21. The topological polar surface area (TPSA) is 49.8 Å². The number of hydrogen-bond acceptors (Lipinski definition) is 5. The second-order valence-electron chi connectivity index (χ2n) is 5.64. The van der Waals surface area contributed by atoms with Crippen LogP contribution in [0.2, 0.25) is 0 Å². The van der Waals surface area contributed by atoms with Crippen molar-refractivity contribution in [2.75, 3.05) is 23.4 Å². The van der Waals surface area contributed by atoms with E-state index in [1.165, 1.54) is 25.7 Å². The average molecular weight is 308 g/mol. The van der Waals surface area contributed by atoms with Crippen molar-refractivity contribution < 1.29 is 0 Å². The highest BCUT2D eigenvalue weighted by Crippen LogP contribution is 2.29. The molecule has 0 spiro atoms. The molecule has 0 aromatic carbocycles. The van der Waals surface area contributed by atoms with Gasteiger partial charge in [0.2, 0.25) is 0 Å². The predicted octanol–water partition coefficient (Wildman–Crippen LogP) is 3.95. The van der Waals surface area contributed by atoms with E-state index in [4.69, 9.17) is 0 Å². The molecule has 2 unspecified atom stereocenters. The van der Waals surface area contributed by atoms with Gasteiger partial charge in [-0.2, -0.15) is 11.8 Å². The number of hydrogen-bond donors (Lipinski definition) is 2. The van der Waals surface area contributed by atoms with Gasteiger partial charge in [0.05, 0.1) is 0 Å². The van der Waals surface area contributed by atoms with E-state index in [9.17, 15) is 0 Å². The molecule has 0 bridgehead atoms. The Labute approximate surface area is 132 Å². The summed E-state index contributed by atoms with van der Waals surface area (Å²) >= 11 is 1.98. The smallest absolute Gasteiger partial charge is 0.132 e. The van der Waals surface area contributed by atoms with Gasteiger partial charge in [0.25, 0.3) is 0 Å². The molecule has 1 fully saturated rings. The first kappa shape index (κ1) is 16.4. The van der Waals surface area contributed by atoms with Gasteiger partial charge in [-0.05, 0) is 25.5 Å². The Hall–Kier alpha value is -0.970. The van der Waals surface area contributed by atoms with Crippen LogP contribution in [0, 0.1) is 0 Å². The molecule has 1 saturated carbocycles. The Morgan fingerprint density at radius 2 is 1.95 bits per heavy atom. The molecule has 4 nitrogen and oxygen atoms in total. The minimum absolute atomic E-state index is 0.535. The maximum atomic E-state index is 4.65. The van der Waals surface area contributed by atoms with Gasteiger partial charge in [-0.15, -0.1) is 0 Å². The van der Waals surface area contributed by atoms with E-state index < -0.39 is 0 Å². The molecule has 2 atom stereocenters. The minimum atomic E-state index is 0.535. The summed E-state index contributed by atoms with van der Waals surface area (Å²) < 4.78 is 0. The van der Waals surface area contributed by atoms with Crippen molar-refractivity contribution in [1.29, 1.82) is 0 Å². The summed E-state index contributed by atoms with van der Waals surface area (Å²) in [5.41, 5.74) is 0. The fraction of sp³-hybridized carbons (Fsp3) is 0.750. The van der Waals surface area contributed by atoms with E-state index >= 15 is 0 Å². The standard InChI is InChI=1S/C16H28N4S/c1-4-10-17-15-11-16(20-14(5-2)19-15)18-12-8-6-7-9-13(12)21-3/h11-13H,4-10H2,1-3H3,(H2,17,18,19,20). The zero-order valence-electron chi connectivity index (χ0n) is 13.5. The highest BCUT2D eigenvalue weighted by atomic mass is 32.2. The molecule has 1 aromatic heterocycles. The zero-order valence-corrected chi connectivity index (χ0v) is 14.3. The molecule has 2 rings (SSSR count). The molecule has 0 aliphatic heterocycles. The zero-order chi connectivity index (χ0) is 15.1. The first-order chi connectivity index (χ1) is 10.3. The van der Waals surface area contributed by atoms with Crippen LogP contribution in [0.3, 0.4) is 0 Å². The van der Waals surface area contributed by atoms with E-state index in [1.807, 2.05) is 11.8 Å². The second kappa shape index (κ2) is 8.47. The van der Waals surface area contributed by atoms with Crippen LogP contribution < -0.4 is 10.6 Å². The normalized spacial score (nSPS) is 22.0. The van der Waals surface area contributed by atoms with Gasteiger partial charge in [-0.25, -0.2) is 9.97 Å². The summed E-state index contributed by atoms with van der Waals surface area (Å²) in [6, 6.07) is 2.59. The average Bonchev–Trinajstić information content (AvgIpc) is 2.53. The summed E-state index contributed by atoms with van der Waals surface area (Å²) in [6.07, 6.45) is 9.42. The minimum Gasteiger partial charge on any atom is -0.370 e. The van der Waals surface area contributed by atoms with E-state index in [-0.39, 0.29) is 0 Å².